The van der Waals surface area contributed by atoms with Gasteiger partial charge in [0.15, 0.2) is 5.96 Å². The quantitative estimate of drug-likeness (QED) is 0.368. The number of ether oxygens (including phenoxy) is 1. The van der Waals surface area contributed by atoms with Crippen molar-refractivity contribution in [3.8, 4) is 5.75 Å². The molecule has 5 heteroatoms. The van der Waals surface area contributed by atoms with E-state index in [4.69, 9.17) is 9.73 Å². The number of hydrogen-bond acceptors (Lipinski definition) is 2. The molecule has 0 heterocycles. The summed E-state index contributed by atoms with van der Waals surface area (Å²) in [6, 6.07) is 18.8. The van der Waals surface area contributed by atoms with Crippen LogP contribution in [0, 0.1) is 0 Å². The molecule has 0 saturated heterocycles. The highest BCUT2D eigenvalue weighted by atomic mass is 127. The van der Waals surface area contributed by atoms with E-state index in [1.54, 1.807) is 7.11 Å². The molecular formula is C21H28IN3O. The molecule has 1 fully saturated rings. The molecule has 140 valence electrons. The number of nitrogens with one attached hydrogen (secondary N) is 2. The third-order valence-corrected chi connectivity index (χ3v) is 4.76. The summed E-state index contributed by atoms with van der Waals surface area (Å²) >= 11 is 0. The summed E-state index contributed by atoms with van der Waals surface area (Å²) < 4.78 is 5.20. The number of nitrogens with zero attached hydrogens (tertiary/aromatic N) is 1. The zero-order chi connectivity index (χ0) is 17.5. The Labute approximate surface area is 173 Å². The lowest BCUT2D eigenvalue weighted by Crippen LogP contribution is -2.41. The van der Waals surface area contributed by atoms with Gasteiger partial charge in [-0.3, -0.25) is 0 Å². The first-order valence-corrected chi connectivity index (χ1v) is 8.96. The molecule has 0 amide bonds. The summed E-state index contributed by atoms with van der Waals surface area (Å²) in [5.74, 6) is 1.75. The van der Waals surface area contributed by atoms with Crippen LogP contribution in [0.2, 0.25) is 0 Å². The summed E-state index contributed by atoms with van der Waals surface area (Å²) in [7, 11) is 1.68. The number of hydrogen-bond donors (Lipinski definition) is 2. The predicted molar refractivity (Wildman–Crippen MR) is 119 cm³/mol. The van der Waals surface area contributed by atoms with Gasteiger partial charge in [0.05, 0.1) is 13.7 Å². The minimum Gasteiger partial charge on any atom is -0.497 e. The van der Waals surface area contributed by atoms with E-state index in [9.17, 15) is 0 Å². The zero-order valence-electron chi connectivity index (χ0n) is 15.5. The molecule has 0 unspecified atom stereocenters. The highest BCUT2D eigenvalue weighted by Gasteiger charge is 2.43. The van der Waals surface area contributed by atoms with Crippen LogP contribution in [0.3, 0.4) is 0 Å². The second kappa shape index (κ2) is 9.80. The van der Waals surface area contributed by atoms with Crippen molar-refractivity contribution in [1.82, 2.24) is 10.6 Å². The molecular weight excluding hydrogens is 437 g/mol. The smallest absolute Gasteiger partial charge is 0.191 e. The first-order chi connectivity index (χ1) is 12.3. The van der Waals surface area contributed by atoms with Crippen LogP contribution in [0.4, 0.5) is 0 Å². The van der Waals surface area contributed by atoms with Crippen LogP contribution >= 0.6 is 24.0 Å². The third kappa shape index (κ3) is 5.37. The molecule has 1 aliphatic rings. The van der Waals surface area contributed by atoms with Crippen molar-refractivity contribution in [3.05, 3.63) is 65.7 Å². The largest absolute Gasteiger partial charge is 0.497 e. The van der Waals surface area contributed by atoms with Crippen molar-refractivity contribution in [3.63, 3.8) is 0 Å². The van der Waals surface area contributed by atoms with Gasteiger partial charge in [0.2, 0.25) is 0 Å². The first-order valence-electron chi connectivity index (χ1n) is 8.96. The van der Waals surface area contributed by atoms with Gasteiger partial charge in [-0.25, -0.2) is 4.99 Å². The standard InChI is InChI=1S/C21H27N3O.HI/c1-3-22-20(23-15-17-9-11-19(25-2)12-10-17)24-16-21(13-14-21)18-7-5-4-6-8-18;/h4-12H,3,13-16H2,1-2H3,(H2,22,23,24);1H. The number of methoxy groups -OCH3 is 1. The minimum atomic E-state index is 0. The lowest BCUT2D eigenvalue weighted by molar-refractivity contribution is 0.414. The molecule has 0 bridgehead atoms. The number of rotatable bonds is 7. The average molecular weight is 465 g/mol. The van der Waals surface area contributed by atoms with E-state index in [1.165, 1.54) is 24.0 Å². The van der Waals surface area contributed by atoms with Gasteiger partial charge in [-0.05, 0) is 43.0 Å². The number of benzene rings is 2. The Bertz CT molecular complexity index is 697. The molecule has 3 rings (SSSR count). The zero-order valence-corrected chi connectivity index (χ0v) is 17.8. The Balaban J connectivity index is 0.00000243. The Morgan fingerprint density at radius 1 is 1.04 bits per heavy atom. The highest BCUT2D eigenvalue weighted by molar-refractivity contribution is 14.0. The van der Waals surface area contributed by atoms with Gasteiger partial charge in [-0.1, -0.05) is 42.5 Å². The normalized spacial score (nSPS) is 14.9. The van der Waals surface area contributed by atoms with Crippen LogP contribution in [-0.4, -0.2) is 26.2 Å². The van der Waals surface area contributed by atoms with Crippen molar-refractivity contribution in [2.75, 3.05) is 20.2 Å². The summed E-state index contributed by atoms with van der Waals surface area (Å²) in [6.07, 6.45) is 2.48. The Hall–Kier alpha value is -1.76. The van der Waals surface area contributed by atoms with Gasteiger partial charge < -0.3 is 15.4 Å². The van der Waals surface area contributed by atoms with Crippen molar-refractivity contribution in [1.29, 1.82) is 0 Å². The van der Waals surface area contributed by atoms with Gasteiger partial charge in [-0.15, -0.1) is 24.0 Å². The van der Waals surface area contributed by atoms with Crippen molar-refractivity contribution < 1.29 is 4.74 Å². The topological polar surface area (TPSA) is 45.7 Å². The molecule has 0 aromatic heterocycles. The van der Waals surface area contributed by atoms with Crippen molar-refractivity contribution in [2.24, 2.45) is 4.99 Å². The lowest BCUT2D eigenvalue weighted by Gasteiger charge is -2.19. The van der Waals surface area contributed by atoms with E-state index in [2.05, 4.69) is 60.0 Å². The van der Waals surface area contributed by atoms with Crippen LogP contribution in [0.5, 0.6) is 5.75 Å². The van der Waals surface area contributed by atoms with Gasteiger partial charge in [0.25, 0.3) is 0 Å². The fraction of sp³-hybridized carbons (Fsp3) is 0.381. The average Bonchev–Trinajstić information content (AvgIpc) is 3.46. The molecule has 26 heavy (non-hydrogen) atoms. The Morgan fingerprint density at radius 3 is 2.31 bits per heavy atom. The van der Waals surface area contributed by atoms with Crippen LogP contribution in [0.1, 0.15) is 30.9 Å². The fourth-order valence-corrected chi connectivity index (χ4v) is 3.01. The molecule has 0 radical (unpaired) electrons. The van der Waals surface area contributed by atoms with Crippen LogP contribution in [0.15, 0.2) is 59.6 Å². The number of guanidine groups is 1. The van der Waals surface area contributed by atoms with E-state index in [0.29, 0.717) is 6.54 Å². The summed E-state index contributed by atoms with van der Waals surface area (Å²) in [5, 5.41) is 6.87. The monoisotopic (exact) mass is 465 g/mol. The van der Waals surface area contributed by atoms with Crippen LogP contribution in [-0.2, 0) is 12.0 Å². The maximum Gasteiger partial charge on any atom is 0.191 e. The van der Waals surface area contributed by atoms with Gasteiger partial charge >= 0.3 is 0 Å². The molecule has 4 nitrogen and oxygen atoms in total. The predicted octanol–water partition coefficient (Wildman–Crippen LogP) is 4.10. The summed E-state index contributed by atoms with van der Waals surface area (Å²) in [4.78, 5) is 4.72. The SMILES string of the molecule is CCNC(=NCc1ccc(OC)cc1)NCC1(c2ccccc2)CC1.I. The molecule has 0 spiro atoms. The second-order valence-electron chi connectivity index (χ2n) is 6.54. The summed E-state index contributed by atoms with van der Waals surface area (Å²) in [5.41, 5.74) is 2.87. The molecule has 0 aliphatic heterocycles. The van der Waals surface area contributed by atoms with Gasteiger partial charge in [0, 0.05) is 18.5 Å². The molecule has 1 aliphatic carbocycles. The van der Waals surface area contributed by atoms with E-state index >= 15 is 0 Å². The first kappa shape index (κ1) is 20.6. The maximum absolute atomic E-state index is 5.20. The minimum absolute atomic E-state index is 0. The summed E-state index contributed by atoms with van der Waals surface area (Å²) in [6.45, 7) is 4.52. The van der Waals surface area contributed by atoms with Crippen LogP contribution < -0.4 is 15.4 Å². The second-order valence-corrected chi connectivity index (χ2v) is 6.54. The van der Waals surface area contributed by atoms with Crippen LogP contribution in [0.25, 0.3) is 0 Å². The number of aliphatic imine (C=N–C) groups is 1. The Kier molecular flexibility index (Phi) is 7.75. The van der Waals surface area contributed by atoms with E-state index in [1.807, 2.05) is 12.1 Å². The van der Waals surface area contributed by atoms with Crippen molar-refractivity contribution in [2.45, 2.75) is 31.7 Å². The molecule has 1 saturated carbocycles. The van der Waals surface area contributed by atoms with Crippen molar-refractivity contribution >= 4 is 29.9 Å². The fourth-order valence-electron chi connectivity index (χ4n) is 3.01. The number of halogens is 1. The third-order valence-electron chi connectivity index (χ3n) is 4.76. The lowest BCUT2D eigenvalue weighted by atomic mass is 9.96. The molecule has 2 aromatic rings. The van der Waals surface area contributed by atoms with E-state index in [-0.39, 0.29) is 29.4 Å². The molecule has 0 atom stereocenters. The maximum atomic E-state index is 5.20. The van der Waals surface area contributed by atoms with E-state index < -0.39 is 0 Å². The van der Waals surface area contributed by atoms with Gasteiger partial charge in [0.1, 0.15) is 5.75 Å². The highest BCUT2D eigenvalue weighted by Crippen LogP contribution is 2.47. The molecule has 2 aromatic carbocycles. The molecule has 2 N–H and O–H groups in total. The van der Waals surface area contributed by atoms with Gasteiger partial charge in [-0.2, -0.15) is 0 Å². The van der Waals surface area contributed by atoms with E-state index in [0.717, 1.165) is 24.8 Å². The Morgan fingerprint density at radius 2 is 1.73 bits per heavy atom.